The molecule has 1 fully saturated rings. The van der Waals surface area contributed by atoms with Crippen LogP contribution in [0.15, 0.2) is 17.6 Å². The van der Waals surface area contributed by atoms with Crippen LogP contribution in [0.2, 0.25) is 0 Å². The second-order valence-electron chi connectivity index (χ2n) is 5.59. The molecule has 0 aliphatic heterocycles. The molecule has 1 unspecified atom stereocenters. The zero-order chi connectivity index (χ0) is 14.8. The van der Waals surface area contributed by atoms with E-state index in [-0.39, 0.29) is 17.6 Å². The smallest absolute Gasteiger partial charge is 0.262 e. The number of sulfonamides is 1. The standard InChI is InChI=1S/C13H23N3O3S/c1-11(17)8-16(12-6-4-3-5-7-12)20(18,19)13-9-15(2)10-14-13/h9-12,17H,3-8H2,1-2H3. The van der Waals surface area contributed by atoms with Crippen LogP contribution in [0.25, 0.3) is 0 Å². The summed E-state index contributed by atoms with van der Waals surface area (Å²) >= 11 is 0. The van der Waals surface area contributed by atoms with Gasteiger partial charge in [0.2, 0.25) is 0 Å². The molecule has 0 aromatic carbocycles. The number of hydrogen-bond donors (Lipinski definition) is 1. The van der Waals surface area contributed by atoms with Crippen LogP contribution >= 0.6 is 0 Å². The zero-order valence-corrected chi connectivity index (χ0v) is 12.9. The van der Waals surface area contributed by atoms with Crippen LogP contribution in [-0.4, -0.2) is 46.1 Å². The van der Waals surface area contributed by atoms with Crippen molar-refractivity contribution in [1.82, 2.24) is 13.9 Å². The van der Waals surface area contributed by atoms with E-state index in [1.807, 2.05) is 0 Å². The summed E-state index contributed by atoms with van der Waals surface area (Å²) in [4.78, 5) is 3.96. The fourth-order valence-corrected chi connectivity index (χ4v) is 4.45. The Labute approximate surface area is 120 Å². The first-order valence-electron chi connectivity index (χ1n) is 7.09. The molecule has 20 heavy (non-hydrogen) atoms. The van der Waals surface area contributed by atoms with Gasteiger partial charge in [-0.05, 0) is 19.8 Å². The minimum atomic E-state index is -3.63. The van der Waals surface area contributed by atoms with Gasteiger partial charge in [-0.1, -0.05) is 19.3 Å². The highest BCUT2D eigenvalue weighted by Crippen LogP contribution is 2.27. The van der Waals surface area contributed by atoms with E-state index >= 15 is 0 Å². The number of rotatable bonds is 5. The Morgan fingerprint density at radius 2 is 2.10 bits per heavy atom. The molecule has 6 nitrogen and oxygen atoms in total. The van der Waals surface area contributed by atoms with Crippen molar-refractivity contribution >= 4 is 10.0 Å². The third-order valence-corrected chi connectivity index (χ3v) is 5.48. The number of aliphatic hydroxyl groups excluding tert-OH is 1. The van der Waals surface area contributed by atoms with E-state index in [2.05, 4.69) is 4.98 Å². The first-order chi connectivity index (χ1) is 9.41. The maximum absolute atomic E-state index is 12.7. The lowest BCUT2D eigenvalue weighted by atomic mass is 9.95. The molecule has 2 rings (SSSR count). The number of aromatic nitrogens is 2. The average Bonchev–Trinajstić information content (AvgIpc) is 2.84. The molecule has 1 aliphatic rings. The lowest BCUT2D eigenvalue weighted by Crippen LogP contribution is -2.45. The van der Waals surface area contributed by atoms with E-state index in [4.69, 9.17) is 0 Å². The second kappa shape index (κ2) is 6.24. The van der Waals surface area contributed by atoms with Crippen LogP contribution in [0.4, 0.5) is 0 Å². The van der Waals surface area contributed by atoms with E-state index in [1.54, 1.807) is 18.5 Å². The Kier molecular flexibility index (Phi) is 4.82. The van der Waals surface area contributed by atoms with Gasteiger partial charge in [0, 0.05) is 25.8 Å². The van der Waals surface area contributed by atoms with Crippen LogP contribution < -0.4 is 0 Å². The highest BCUT2D eigenvalue weighted by molar-refractivity contribution is 7.89. The Bertz CT molecular complexity index is 533. The quantitative estimate of drug-likeness (QED) is 0.884. The summed E-state index contributed by atoms with van der Waals surface area (Å²) in [5, 5.41) is 9.70. The van der Waals surface area contributed by atoms with Crippen molar-refractivity contribution in [1.29, 1.82) is 0 Å². The van der Waals surface area contributed by atoms with Gasteiger partial charge in [0.25, 0.3) is 10.0 Å². The molecule has 0 radical (unpaired) electrons. The maximum atomic E-state index is 12.7. The summed E-state index contributed by atoms with van der Waals surface area (Å²) in [7, 11) is -1.89. The fourth-order valence-electron chi connectivity index (χ4n) is 2.72. The fraction of sp³-hybridized carbons (Fsp3) is 0.769. The molecule has 1 aromatic heterocycles. The van der Waals surface area contributed by atoms with Crippen LogP contribution in [-0.2, 0) is 17.1 Å². The van der Waals surface area contributed by atoms with Gasteiger partial charge in [-0.15, -0.1) is 0 Å². The summed E-state index contributed by atoms with van der Waals surface area (Å²) in [6.45, 7) is 1.74. The predicted octanol–water partition coefficient (Wildman–Crippen LogP) is 1.12. The molecular formula is C13H23N3O3S. The summed E-state index contributed by atoms with van der Waals surface area (Å²) in [5.41, 5.74) is 0. The molecule has 0 saturated heterocycles. The average molecular weight is 301 g/mol. The summed E-state index contributed by atoms with van der Waals surface area (Å²) in [6.07, 6.45) is 7.26. The molecule has 1 aliphatic carbocycles. The molecule has 114 valence electrons. The number of aliphatic hydroxyl groups is 1. The van der Waals surface area contributed by atoms with E-state index < -0.39 is 16.1 Å². The first-order valence-corrected chi connectivity index (χ1v) is 8.53. The molecule has 1 heterocycles. The molecule has 0 bridgehead atoms. The summed E-state index contributed by atoms with van der Waals surface area (Å²) in [5.74, 6) is 0. The highest BCUT2D eigenvalue weighted by atomic mass is 32.2. The normalized spacial score (nSPS) is 19.4. The van der Waals surface area contributed by atoms with Gasteiger partial charge in [-0.2, -0.15) is 4.31 Å². The number of hydrogen-bond acceptors (Lipinski definition) is 4. The van der Waals surface area contributed by atoms with Crippen molar-refractivity contribution in [2.24, 2.45) is 7.05 Å². The monoisotopic (exact) mass is 301 g/mol. The Morgan fingerprint density at radius 3 is 2.60 bits per heavy atom. The number of aryl methyl sites for hydroxylation is 1. The minimum absolute atomic E-state index is 0.0228. The molecule has 7 heteroatoms. The zero-order valence-electron chi connectivity index (χ0n) is 12.1. The van der Waals surface area contributed by atoms with Gasteiger partial charge in [0.1, 0.15) is 0 Å². The van der Waals surface area contributed by atoms with Gasteiger partial charge < -0.3 is 9.67 Å². The lowest BCUT2D eigenvalue weighted by Gasteiger charge is -2.33. The van der Waals surface area contributed by atoms with E-state index in [1.165, 1.54) is 16.8 Å². The van der Waals surface area contributed by atoms with E-state index in [9.17, 15) is 13.5 Å². The van der Waals surface area contributed by atoms with Crippen LogP contribution in [0.5, 0.6) is 0 Å². The van der Waals surface area contributed by atoms with Crippen molar-refractivity contribution in [3.8, 4) is 0 Å². The van der Waals surface area contributed by atoms with Gasteiger partial charge >= 0.3 is 0 Å². The van der Waals surface area contributed by atoms with Crippen LogP contribution in [0, 0.1) is 0 Å². The number of imidazole rings is 1. The summed E-state index contributed by atoms with van der Waals surface area (Å²) < 4.78 is 28.5. The van der Waals surface area contributed by atoms with Crippen LogP contribution in [0.3, 0.4) is 0 Å². The highest BCUT2D eigenvalue weighted by Gasteiger charge is 2.34. The SMILES string of the molecule is CC(O)CN(C1CCCCC1)S(=O)(=O)c1cn(C)cn1. The molecule has 1 aromatic rings. The van der Waals surface area contributed by atoms with Crippen molar-refractivity contribution in [2.45, 2.75) is 56.2 Å². The van der Waals surface area contributed by atoms with E-state index in [0.29, 0.717) is 0 Å². The molecular weight excluding hydrogens is 278 g/mol. The Balaban J connectivity index is 2.29. The Morgan fingerprint density at radius 1 is 1.45 bits per heavy atom. The van der Waals surface area contributed by atoms with Gasteiger partial charge in [-0.3, -0.25) is 0 Å². The predicted molar refractivity (Wildman–Crippen MR) is 75.7 cm³/mol. The molecule has 0 amide bonds. The molecule has 0 spiro atoms. The second-order valence-corrected chi connectivity index (χ2v) is 7.43. The van der Waals surface area contributed by atoms with Crippen molar-refractivity contribution in [3.05, 3.63) is 12.5 Å². The van der Waals surface area contributed by atoms with Gasteiger partial charge in [0.05, 0.1) is 12.4 Å². The van der Waals surface area contributed by atoms with Crippen molar-refractivity contribution in [2.75, 3.05) is 6.54 Å². The minimum Gasteiger partial charge on any atom is -0.392 e. The third-order valence-electron chi connectivity index (χ3n) is 3.68. The van der Waals surface area contributed by atoms with Gasteiger partial charge in [0.15, 0.2) is 5.03 Å². The summed E-state index contributed by atoms with van der Waals surface area (Å²) in [6, 6.07) is -0.0228. The largest absolute Gasteiger partial charge is 0.392 e. The van der Waals surface area contributed by atoms with Gasteiger partial charge in [-0.25, -0.2) is 13.4 Å². The van der Waals surface area contributed by atoms with Crippen LogP contribution in [0.1, 0.15) is 39.0 Å². The number of nitrogens with zero attached hydrogens (tertiary/aromatic N) is 3. The third kappa shape index (κ3) is 3.39. The maximum Gasteiger partial charge on any atom is 0.262 e. The van der Waals surface area contributed by atoms with Crippen molar-refractivity contribution in [3.63, 3.8) is 0 Å². The first kappa shape index (κ1) is 15.5. The topological polar surface area (TPSA) is 75.4 Å². The van der Waals surface area contributed by atoms with E-state index in [0.717, 1.165) is 32.1 Å². The van der Waals surface area contributed by atoms with Crippen molar-refractivity contribution < 1.29 is 13.5 Å². The Hall–Kier alpha value is -0.920. The molecule has 1 N–H and O–H groups in total. The molecule has 1 atom stereocenters. The lowest BCUT2D eigenvalue weighted by molar-refractivity contribution is 0.136. The molecule has 1 saturated carbocycles.